The summed E-state index contributed by atoms with van der Waals surface area (Å²) in [6.45, 7) is 5.76. The van der Waals surface area contributed by atoms with Crippen LogP contribution in [-0.4, -0.2) is 32.6 Å². The van der Waals surface area contributed by atoms with Gasteiger partial charge < -0.3 is 15.3 Å². The van der Waals surface area contributed by atoms with Gasteiger partial charge in [-0.05, 0) is 27.7 Å². The van der Waals surface area contributed by atoms with Gasteiger partial charge in [-0.15, -0.1) is 0 Å². The first-order valence-corrected chi connectivity index (χ1v) is 3.32. The molecule has 3 heteroatoms. The van der Waals surface area contributed by atoms with Crippen LogP contribution in [0.3, 0.4) is 0 Å². The van der Waals surface area contributed by atoms with E-state index in [2.05, 4.69) is 0 Å². The molecule has 3 nitrogen and oxygen atoms in total. The lowest BCUT2D eigenvalue weighted by atomic mass is 9.84. The Bertz CT molecular complexity index is 111. The number of aliphatic hydroxyl groups is 3. The molecule has 0 radical (unpaired) electrons. The van der Waals surface area contributed by atoms with Crippen molar-refractivity contribution in [1.29, 1.82) is 0 Å². The van der Waals surface area contributed by atoms with E-state index in [4.69, 9.17) is 5.11 Å². The van der Waals surface area contributed by atoms with Crippen molar-refractivity contribution in [3.05, 3.63) is 0 Å². The molecular weight excluding hydrogens is 132 g/mol. The predicted molar refractivity (Wildman–Crippen MR) is 38.6 cm³/mol. The molecule has 62 valence electrons. The van der Waals surface area contributed by atoms with Crippen LogP contribution in [0.5, 0.6) is 0 Å². The van der Waals surface area contributed by atoms with Crippen LogP contribution in [0.15, 0.2) is 0 Å². The van der Waals surface area contributed by atoms with E-state index in [9.17, 15) is 10.2 Å². The summed E-state index contributed by atoms with van der Waals surface area (Å²) >= 11 is 0. The summed E-state index contributed by atoms with van der Waals surface area (Å²) in [5, 5.41) is 27.7. The zero-order chi connectivity index (χ0) is 8.58. The van der Waals surface area contributed by atoms with Gasteiger partial charge in [0.05, 0.1) is 11.7 Å². The fourth-order valence-electron chi connectivity index (χ4n) is 0.511. The van der Waals surface area contributed by atoms with Crippen molar-refractivity contribution in [2.24, 2.45) is 0 Å². The zero-order valence-corrected chi connectivity index (χ0v) is 6.92. The summed E-state index contributed by atoms with van der Waals surface area (Å²) in [6.07, 6.45) is -0.938. The molecule has 0 saturated carbocycles. The van der Waals surface area contributed by atoms with E-state index in [0.29, 0.717) is 0 Å². The molecule has 10 heavy (non-hydrogen) atoms. The predicted octanol–water partition coefficient (Wildman–Crippen LogP) is -0.111. The van der Waals surface area contributed by atoms with Gasteiger partial charge in [0.2, 0.25) is 0 Å². The lowest BCUT2D eigenvalue weighted by Crippen LogP contribution is -2.54. The third-order valence-electron chi connectivity index (χ3n) is 2.05. The minimum Gasteiger partial charge on any atom is -0.390 e. The van der Waals surface area contributed by atoms with Gasteiger partial charge >= 0.3 is 0 Å². The molecule has 0 aliphatic heterocycles. The average molecular weight is 148 g/mol. The maximum Gasteiger partial charge on any atom is 0.115 e. The topological polar surface area (TPSA) is 60.7 Å². The smallest absolute Gasteiger partial charge is 0.115 e. The van der Waals surface area contributed by atoms with Gasteiger partial charge in [-0.1, -0.05) is 0 Å². The van der Waals surface area contributed by atoms with Crippen LogP contribution in [0.2, 0.25) is 0 Å². The molecule has 0 saturated heterocycles. The second-order valence-corrected chi connectivity index (χ2v) is 3.38. The van der Waals surface area contributed by atoms with Crippen LogP contribution in [0.25, 0.3) is 0 Å². The maximum atomic E-state index is 9.43. The summed E-state index contributed by atoms with van der Waals surface area (Å²) in [7, 11) is 0. The zero-order valence-electron chi connectivity index (χ0n) is 6.92. The third kappa shape index (κ3) is 1.68. The Hall–Kier alpha value is -0.120. The Labute approximate surface area is 61.3 Å². The monoisotopic (exact) mass is 148 g/mol. The summed E-state index contributed by atoms with van der Waals surface area (Å²) < 4.78 is 0. The molecule has 0 unspecified atom stereocenters. The second kappa shape index (κ2) is 2.49. The molecule has 0 bridgehead atoms. The van der Waals surface area contributed by atoms with Gasteiger partial charge in [0, 0.05) is 0 Å². The molecule has 2 atom stereocenters. The third-order valence-corrected chi connectivity index (χ3v) is 2.05. The highest BCUT2D eigenvalue weighted by molar-refractivity contribution is 4.93. The molecule has 0 aromatic carbocycles. The van der Waals surface area contributed by atoms with Crippen LogP contribution < -0.4 is 0 Å². The van der Waals surface area contributed by atoms with E-state index in [1.807, 2.05) is 0 Å². The number of hydrogen-bond acceptors (Lipinski definition) is 3. The lowest BCUT2D eigenvalue weighted by molar-refractivity contribution is -0.171. The first kappa shape index (κ1) is 9.88. The van der Waals surface area contributed by atoms with E-state index in [1.165, 1.54) is 27.7 Å². The molecule has 0 aromatic heterocycles. The highest BCUT2D eigenvalue weighted by Crippen LogP contribution is 2.24. The Kier molecular flexibility index (Phi) is 2.46. The summed E-state index contributed by atoms with van der Waals surface area (Å²) in [6, 6.07) is 0. The van der Waals surface area contributed by atoms with Crippen molar-refractivity contribution in [1.82, 2.24) is 0 Å². The highest BCUT2D eigenvalue weighted by Gasteiger charge is 2.41. The molecule has 0 heterocycles. The van der Waals surface area contributed by atoms with Crippen molar-refractivity contribution in [2.45, 2.75) is 45.0 Å². The Morgan fingerprint density at radius 1 is 1.10 bits per heavy atom. The standard InChI is InChI=1S/C7H16O3/c1-5(8)7(4,10)6(2,3)9/h5,8-10H,1-4H3/t5-,7+/m0/s1. The van der Waals surface area contributed by atoms with Crippen LogP contribution >= 0.6 is 0 Å². The Morgan fingerprint density at radius 3 is 1.40 bits per heavy atom. The molecule has 0 fully saturated rings. The largest absolute Gasteiger partial charge is 0.390 e. The van der Waals surface area contributed by atoms with Gasteiger partial charge in [-0.3, -0.25) is 0 Å². The van der Waals surface area contributed by atoms with Crippen LogP contribution in [0.1, 0.15) is 27.7 Å². The lowest BCUT2D eigenvalue weighted by Gasteiger charge is -2.37. The van der Waals surface area contributed by atoms with Crippen LogP contribution in [-0.2, 0) is 0 Å². The first-order chi connectivity index (χ1) is 4.19. The van der Waals surface area contributed by atoms with Crippen molar-refractivity contribution in [3.63, 3.8) is 0 Å². The Balaban J connectivity index is 4.40. The summed E-state index contributed by atoms with van der Waals surface area (Å²) in [5.74, 6) is 0. The van der Waals surface area contributed by atoms with E-state index in [0.717, 1.165) is 0 Å². The van der Waals surface area contributed by atoms with Crippen LogP contribution in [0.4, 0.5) is 0 Å². The molecule has 0 aliphatic carbocycles. The summed E-state index contributed by atoms with van der Waals surface area (Å²) in [4.78, 5) is 0. The van der Waals surface area contributed by atoms with Crippen molar-refractivity contribution >= 4 is 0 Å². The van der Waals surface area contributed by atoms with E-state index in [-0.39, 0.29) is 0 Å². The number of hydrogen-bond donors (Lipinski definition) is 3. The molecule has 3 N–H and O–H groups in total. The Morgan fingerprint density at radius 2 is 1.40 bits per heavy atom. The van der Waals surface area contributed by atoms with E-state index in [1.54, 1.807) is 0 Å². The number of aliphatic hydroxyl groups excluding tert-OH is 1. The van der Waals surface area contributed by atoms with E-state index < -0.39 is 17.3 Å². The van der Waals surface area contributed by atoms with Gasteiger partial charge in [-0.25, -0.2) is 0 Å². The molecule has 0 aliphatic rings. The molecule has 0 spiro atoms. The summed E-state index contributed by atoms with van der Waals surface area (Å²) in [5.41, 5.74) is -2.73. The average Bonchev–Trinajstić information content (AvgIpc) is 1.62. The van der Waals surface area contributed by atoms with Crippen LogP contribution in [0, 0.1) is 0 Å². The molecule has 0 aromatic rings. The van der Waals surface area contributed by atoms with Crippen molar-refractivity contribution in [3.8, 4) is 0 Å². The minimum absolute atomic E-state index is 0.938. The molecule has 0 rings (SSSR count). The van der Waals surface area contributed by atoms with Crippen molar-refractivity contribution in [2.75, 3.05) is 0 Å². The molecule has 0 amide bonds. The normalized spacial score (nSPS) is 21.9. The fourth-order valence-corrected chi connectivity index (χ4v) is 0.511. The SMILES string of the molecule is C[C@H](O)[C@@](C)(O)C(C)(C)O. The molecular formula is C7H16O3. The van der Waals surface area contributed by atoms with Crippen molar-refractivity contribution < 1.29 is 15.3 Å². The van der Waals surface area contributed by atoms with E-state index >= 15 is 0 Å². The maximum absolute atomic E-state index is 9.43. The van der Waals surface area contributed by atoms with Gasteiger partial charge in [-0.2, -0.15) is 0 Å². The fraction of sp³-hybridized carbons (Fsp3) is 1.00. The minimum atomic E-state index is -1.45. The quantitative estimate of drug-likeness (QED) is 0.512. The second-order valence-electron chi connectivity index (χ2n) is 3.38. The van der Waals surface area contributed by atoms with Gasteiger partial charge in [0.15, 0.2) is 0 Å². The first-order valence-electron chi connectivity index (χ1n) is 3.32. The van der Waals surface area contributed by atoms with Gasteiger partial charge in [0.1, 0.15) is 5.60 Å². The van der Waals surface area contributed by atoms with Gasteiger partial charge in [0.25, 0.3) is 0 Å². The highest BCUT2D eigenvalue weighted by atomic mass is 16.4. The number of rotatable bonds is 2.